The van der Waals surface area contributed by atoms with Gasteiger partial charge < -0.3 is 15.3 Å². The van der Waals surface area contributed by atoms with Crippen LogP contribution in [-0.2, 0) is 6.54 Å². The summed E-state index contributed by atoms with van der Waals surface area (Å²) in [6.07, 6.45) is 1.64. The van der Waals surface area contributed by atoms with Crippen molar-refractivity contribution < 1.29 is 5.11 Å². The molecule has 4 nitrogen and oxygen atoms in total. The van der Waals surface area contributed by atoms with Gasteiger partial charge in [0.05, 0.1) is 11.8 Å². The van der Waals surface area contributed by atoms with Crippen molar-refractivity contribution in [2.24, 2.45) is 0 Å². The maximum atomic E-state index is 10.0. The molecule has 0 aliphatic heterocycles. The Bertz CT molecular complexity index is 328. The third-order valence-corrected chi connectivity index (χ3v) is 3.08. The maximum Gasteiger partial charge on any atom is 0.113 e. The van der Waals surface area contributed by atoms with Crippen LogP contribution in [0.15, 0.2) is 6.20 Å². The predicted octanol–water partition coefficient (Wildman–Crippen LogP) is 1.20. The molecule has 16 heavy (non-hydrogen) atoms. The van der Waals surface area contributed by atoms with Crippen LogP contribution in [0.4, 0.5) is 0 Å². The molecule has 1 atom stereocenters. The SMILES string of the molecule is CN(C)CC(C)(O)CNCc1ncc(Cl)s1. The molecule has 92 valence electrons. The maximum absolute atomic E-state index is 10.0. The minimum Gasteiger partial charge on any atom is -0.388 e. The minimum absolute atomic E-state index is 0.530. The Morgan fingerprint density at radius 3 is 2.81 bits per heavy atom. The number of nitrogens with one attached hydrogen (secondary N) is 1. The zero-order valence-corrected chi connectivity index (χ0v) is 11.4. The lowest BCUT2D eigenvalue weighted by Crippen LogP contribution is -2.45. The molecule has 1 unspecified atom stereocenters. The van der Waals surface area contributed by atoms with Gasteiger partial charge in [-0.25, -0.2) is 4.98 Å². The van der Waals surface area contributed by atoms with Gasteiger partial charge in [-0.3, -0.25) is 0 Å². The Morgan fingerprint density at radius 1 is 1.62 bits per heavy atom. The summed E-state index contributed by atoms with van der Waals surface area (Å²) >= 11 is 7.22. The molecule has 1 rings (SSSR count). The van der Waals surface area contributed by atoms with Crippen molar-refractivity contribution in [3.05, 3.63) is 15.5 Å². The summed E-state index contributed by atoms with van der Waals surface area (Å²) in [4.78, 5) is 6.09. The summed E-state index contributed by atoms with van der Waals surface area (Å²) in [5.41, 5.74) is -0.732. The van der Waals surface area contributed by atoms with E-state index in [1.165, 1.54) is 11.3 Å². The highest BCUT2D eigenvalue weighted by atomic mass is 35.5. The van der Waals surface area contributed by atoms with Crippen LogP contribution in [0.2, 0.25) is 4.34 Å². The largest absolute Gasteiger partial charge is 0.388 e. The van der Waals surface area contributed by atoms with Crippen LogP contribution in [0, 0.1) is 0 Å². The second-order valence-electron chi connectivity index (χ2n) is 4.40. The number of nitrogens with zero attached hydrogens (tertiary/aromatic N) is 2. The van der Waals surface area contributed by atoms with E-state index in [4.69, 9.17) is 11.6 Å². The Morgan fingerprint density at radius 2 is 2.31 bits per heavy atom. The van der Waals surface area contributed by atoms with Crippen LogP contribution in [0.25, 0.3) is 0 Å². The molecule has 1 aromatic rings. The van der Waals surface area contributed by atoms with Crippen molar-refractivity contribution >= 4 is 22.9 Å². The van der Waals surface area contributed by atoms with Gasteiger partial charge in [0.2, 0.25) is 0 Å². The highest BCUT2D eigenvalue weighted by molar-refractivity contribution is 7.15. The molecule has 0 fully saturated rings. The third kappa shape index (κ3) is 5.23. The fourth-order valence-corrected chi connectivity index (χ4v) is 2.47. The molecule has 0 aliphatic rings. The molecule has 0 radical (unpaired) electrons. The number of likely N-dealkylation sites (N-methyl/N-ethyl adjacent to an activating group) is 1. The van der Waals surface area contributed by atoms with E-state index < -0.39 is 5.60 Å². The molecule has 2 N–H and O–H groups in total. The van der Waals surface area contributed by atoms with Gasteiger partial charge in [0.25, 0.3) is 0 Å². The fourth-order valence-electron chi connectivity index (χ4n) is 1.55. The molecule has 0 saturated heterocycles. The topological polar surface area (TPSA) is 48.4 Å². The zero-order valence-electron chi connectivity index (χ0n) is 9.83. The molecule has 0 spiro atoms. The lowest BCUT2D eigenvalue weighted by molar-refractivity contribution is 0.0336. The standard InChI is InChI=1S/C10H18ClN3OS/c1-10(15,7-14(2)3)6-12-5-9-13-4-8(11)16-9/h4,12,15H,5-7H2,1-3H3. The Labute approximate surface area is 105 Å². The highest BCUT2D eigenvalue weighted by Crippen LogP contribution is 2.17. The first-order chi connectivity index (χ1) is 7.39. The smallest absolute Gasteiger partial charge is 0.113 e. The summed E-state index contributed by atoms with van der Waals surface area (Å²) in [5.74, 6) is 0. The molecule has 0 aliphatic carbocycles. The summed E-state index contributed by atoms with van der Waals surface area (Å²) in [6.45, 7) is 3.61. The van der Waals surface area contributed by atoms with Gasteiger partial charge in [-0.2, -0.15) is 0 Å². The summed E-state index contributed by atoms with van der Waals surface area (Å²) < 4.78 is 0.692. The van der Waals surface area contributed by atoms with Crippen molar-refractivity contribution in [1.82, 2.24) is 15.2 Å². The molecule has 1 heterocycles. The van der Waals surface area contributed by atoms with Gasteiger partial charge in [0, 0.05) is 19.6 Å². The summed E-state index contributed by atoms with van der Waals surface area (Å²) in [7, 11) is 3.88. The molecule has 1 aromatic heterocycles. The van der Waals surface area contributed by atoms with E-state index in [2.05, 4.69) is 10.3 Å². The molecule has 0 bridgehead atoms. The summed E-state index contributed by atoms with van der Waals surface area (Å²) in [6, 6.07) is 0. The van der Waals surface area contributed by atoms with E-state index in [-0.39, 0.29) is 0 Å². The Hall–Kier alpha value is -0.200. The zero-order chi connectivity index (χ0) is 12.2. The van der Waals surface area contributed by atoms with Crippen LogP contribution < -0.4 is 5.32 Å². The number of thiazole rings is 1. The lowest BCUT2D eigenvalue weighted by Gasteiger charge is -2.27. The van der Waals surface area contributed by atoms with Gasteiger partial charge >= 0.3 is 0 Å². The number of aliphatic hydroxyl groups is 1. The summed E-state index contributed by atoms with van der Waals surface area (Å²) in [5, 5.41) is 14.1. The van der Waals surface area contributed by atoms with Crippen LogP contribution in [0.1, 0.15) is 11.9 Å². The van der Waals surface area contributed by atoms with E-state index in [1.54, 1.807) is 6.20 Å². The quantitative estimate of drug-likeness (QED) is 0.810. The van der Waals surface area contributed by atoms with Gasteiger partial charge in [-0.1, -0.05) is 11.6 Å². The molecule has 0 aromatic carbocycles. The second-order valence-corrected chi connectivity index (χ2v) is 6.14. The Balaban J connectivity index is 2.29. The van der Waals surface area contributed by atoms with Gasteiger partial charge in [-0.05, 0) is 21.0 Å². The number of halogens is 1. The lowest BCUT2D eigenvalue weighted by atomic mass is 10.1. The highest BCUT2D eigenvalue weighted by Gasteiger charge is 2.20. The van der Waals surface area contributed by atoms with Crippen molar-refractivity contribution in [3.8, 4) is 0 Å². The van der Waals surface area contributed by atoms with Crippen LogP contribution in [-0.4, -0.2) is 47.8 Å². The van der Waals surface area contributed by atoms with E-state index in [0.29, 0.717) is 24.0 Å². The first-order valence-corrected chi connectivity index (χ1v) is 6.26. The van der Waals surface area contributed by atoms with Crippen molar-refractivity contribution in [3.63, 3.8) is 0 Å². The van der Waals surface area contributed by atoms with E-state index in [1.807, 2.05) is 25.9 Å². The van der Waals surface area contributed by atoms with Crippen LogP contribution in [0.5, 0.6) is 0 Å². The molecular formula is C10H18ClN3OS. The van der Waals surface area contributed by atoms with Crippen LogP contribution in [0.3, 0.4) is 0 Å². The van der Waals surface area contributed by atoms with Crippen molar-refractivity contribution in [2.75, 3.05) is 27.2 Å². The number of aromatic nitrogens is 1. The van der Waals surface area contributed by atoms with E-state index >= 15 is 0 Å². The normalized spacial score (nSPS) is 15.4. The first kappa shape index (κ1) is 13.9. The first-order valence-electron chi connectivity index (χ1n) is 5.07. The molecule has 6 heteroatoms. The van der Waals surface area contributed by atoms with E-state index in [0.717, 1.165) is 5.01 Å². The number of hydrogen-bond donors (Lipinski definition) is 2. The van der Waals surface area contributed by atoms with Gasteiger partial charge in [0.15, 0.2) is 0 Å². The minimum atomic E-state index is -0.732. The number of rotatable bonds is 6. The average Bonchev–Trinajstić information content (AvgIpc) is 2.48. The van der Waals surface area contributed by atoms with Crippen molar-refractivity contribution in [1.29, 1.82) is 0 Å². The predicted molar refractivity (Wildman–Crippen MR) is 68.0 cm³/mol. The van der Waals surface area contributed by atoms with Gasteiger partial charge in [0.1, 0.15) is 9.34 Å². The monoisotopic (exact) mass is 263 g/mol. The van der Waals surface area contributed by atoms with Crippen molar-refractivity contribution in [2.45, 2.75) is 19.1 Å². The average molecular weight is 264 g/mol. The molecule has 0 amide bonds. The third-order valence-electron chi connectivity index (χ3n) is 1.96. The van der Waals surface area contributed by atoms with E-state index in [9.17, 15) is 5.11 Å². The Kier molecular flexibility index (Phi) is 5.14. The second kappa shape index (κ2) is 5.93. The molecule has 0 saturated carbocycles. The van der Waals surface area contributed by atoms with Gasteiger partial charge in [-0.15, -0.1) is 11.3 Å². The number of hydrogen-bond acceptors (Lipinski definition) is 5. The fraction of sp³-hybridized carbons (Fsp3) is 0.700. The molecular weight excluding hydrogens is 246 g/mol. The van der Waals surface area contributed by atoms with Crippen LogP contribution >= 0.6 is 22.9 Å².